The molecule has 2 aliphatic heterocycles. The van der Waals surface area contributed by atoms with Crippen LogP contribution in [-0.4, -0.2) is 43.3 Å². The molecular formula is C23H20N4O4. The van der Waals surface area contributed by atoms with Gasteiger partial charge in [-0.05, 0) is 48.4 Å². The van der Waals surface area contributed by atoms with Crippen LogP contribution in [0.3, 0.4) is 0 Å². The van der Waals surface area contributed by atoms with Crippen molar-refractivity contribution in [3.8, 4) is 28.4 Å². The molecule has 3 amide bonds. The van der Waals surface area contributed by atoms with E-state index in [9.17, 15) is 19.5 Å². The Kier molecular flexibility index (Phi) is 4.35. The maximum atomic E-state index is 12.9. The Morgan fingerprint density at radius 2 is 1.81 bits per heavy atom. The lowest BCUT2D eigenvalue weighted by molar-refractivity contribution is -0.136. The molecular weight excluding hydrogens is 396 g/mol. The smallest absolute Gasteiger partial charge is 0.255 e. The van der Waals surface area contributed by atoms with E-state index < -0.39 is 11.9 Å². The number of benzene rings is 2. The molecule has 8 nitrogen and oxygen atoms in total. The Labute approximate surface area is 178 Å². The molecule has 0 bridgehead atoms. The van der Waals surface area contributed by atoms with Gasteiger partial charge in [-0.3, -0.25) is 19.7 Å². The molecule has 1 aromatic heterocycles. The van der Waals surface area contributed by atoms with Crippen LogP contribution >= 0.6 is 0 Å². The number of nitrogens with zero attached hydrogens (tertiary/aromatic N) is 3. The first-order valence-corrected chi connectivity index (χ1v) is 10.0. The van der Waals surface area contributed by atoms with Gasteiger partial charge in [0.05, 0.1) is 5.69 Å². The summed E-state index contributed by atoms with van der Waals surface area (Å²) in [5.74, 6) is 0.0498. The molecule has 0 aliphatic carbocycles. The molecule has 3 aromatic rings. The Morgan fingerprint density at radius 1 is 1.06 bits per heavy atom. The zero-order chi connectivity index (χ0) is 21.7. The highest BCUT2D eigenvalue weighted by atomic mass is 16.3. The second kappa shape index (κ2) is 7.09. The molecule has 0 spiro atoms. The van der Waals surface area contributed by atoms with Gasteiger partial charge in [0.25, 0.3) is 5.91 Å². The van der Waals surface area contributed by atoms with Gasteiger partial charge in [-0.25, -0.2) is 4.98 Å². The molecule has 156 valence electrons. The highest BCUT2D eigenvalue weighted by Crippen LogP contribution is 2.32. The number of aromatic nitrogens is 2. The summed E-state index contributed by atoms with van der Waals surface area (Å²) >= 11 is 0. The van der Waals surface area contributed by atoms with Crippen LogP contribution in [-0.2, 0) is 23.2 Å². The van der Waals surface area contributed by atoms with Crippen LogP contribution in [0.15, 0.2) is 48.7 Å². The molecule has 1 atom stereocenters. The molecule has 1 fully saturated rings. The molecule has 1 unspecified atom stereocenters. The zero-order valence-corrected chi connectivity index (χ0v) is 16.8. The average molecular weight is 416 g/mol. The maximum Gasteiger partial charge on any atom is 0.255 e. The van der Waals surface area contributed by atoms with Gasteiger partial charge in [0, 0.05) is 42.9 Å². The molecule has 5 rings (SSSR count). The first-order valence-electron chi connectivity index (χ1n) is 10.0. The van der Waals surface area contributed by atoms with E-state index in [0.717, 1.165) is 28.2 Å². The number of piperidine rings is 1. The highest BCUT2D eigenvalue weighted by Gasteiger charge is 2.39. The van der Waals surface area contributed by atoms with E-state index in [1.807, 2.05) is 29.9 Å². The molecule has 2 aliphatic rings. The van der Waals surface area contributed by atoms with Crippen LogP contribution in [0.5, 0.6) is 5.75 Å². The van der Waals surface area contributed by atoms with Crippen LogP contribution in [0.1, 0.15) is 28.8 Å². The Bertz CT molecular complexity index is 1230. The van der Waals surface area contributed by atoms with Crippen molar-refractivity contribution in [2.75, 3.05) is 0 Å². The van der Waals surface area contributed by atoms with Crippen LogP contribution in [0.4, 0.5) is 0 Å². The number of fused-ring (bicyclic) bond motifs is 1. The number of rotatable bonds is 3. The summed E-state index contributed by atoms with van der Waals surface area (Å²) in [5, 5.41) is 11.8. The minimum Gasteiger partial charge on any atom is -0.508 e. The standard InChI is InChI=1S/C23H20N4O4/c1-26-12-18(24-21(26)13-2-5-16(28)6-3-13)14-4-7-17-15(10-14)11-27(23(17)31)19-8-9-20(29)25-22(19)30/h2-7,10,12,19,28H,8-9,11H2,1H3,(H,25,29,30). The lowest BCUT2D eigenvalue weighted by atomic mass is 10.0. The van der Waals surface area contributed by atoms with E-state index in [1.165, 1.54) is 4.90 Å². The van der Waals surface area contributed by atoms with Gasteiger partial charge in [0.1, 0.15) is 17.6 Å². The summed E-state index contributed by atoms with van der Waals surface area (Å²) in [7, 11) is 1.90. The van der Waals surface area contributed by atoms with Crippen molar-refractivity contribution in [2.24, 2.45) is 7.05 Å². The van der Waals surface area contributed by atoms with Gasteiger partial charge in [-0.1, -0.05) is 6.07 Å². The minimum absolute atomic E-state index is 0.193. The van der Waals surface area contributed by atoms with Crippen LogP contribution in [0, 0.1) is 0 Å². The highest BCUT2D eigenvalue weighted by molar-refractivity contribution is 6.05. The van der Waals surface area contributed by atoms with Crippen molar-refractivity contribution < 1.29 is 19.5 Å². The van der Waals surface area contributed by atoms with Crippen LogP contribution in [0.25, 0.3) is 22.6 Å². The zero-order valence-electron chi connectivity index (χ0n) is 16.8. The van der Waals surface area contributed by atoms with Crippen LogP contribution in [0.2, 0.25) is 0 Å². The Morgan fingerprint density at radius 3 is 2.55 bits per heavy atom. The number of aromatic hydroxyl groups is 1. The third-order valence-corrected chi connectivity index (χ3v) is 5.82. The van der Waals surface area contributed by atoms with Crippen molar-refractivity contribution in [3.05, 3.63) is 59.8 Å². The van der Waals surface area contributed by atoms with Crippen molar-refractivity contribution >= 4 is 17.7 Å². The summed E-state index contributed by atoms with van der Waals surface area (Å²) in [5.41, 5.74) is 3.93. The number of amides is 3. The normalized spacial score (nSPS) is 18.3. The number of imidazole rings is 1. The predicted octanol–water partition coefficient (Wildman–Crippen LogP) is 2.22. The Hall–Kier alpha value is -3.94. The van der Waals surface area contributed by atoms with Gasteiger partial charge in [-0.15, -0.1) is 0 Å². The van der Waals surface area contributed by atoms with E-state index >= 15 is 0 Å². The third-order valence-electron chi connectivity index (χ3n) is 5.82. The monoisotopic (exact) mass is 416 g/mol. The minimum atomic E-state index is -0.628. The number of hydrogen-bond donors (Lipinski definition) is 2. The number of phenolic OH excluding ortho intramolecular Hbond substituents is 1. The number of carbonyl (C=O) groups is 3. The number of phenols is 1. The quantitative estimate of drug-likeness (QED) is 0.637. The van der Waals surface area contributed by atoms with Gasteiger partial charge in [-0.2, -0.15) is 0 Å². The Balaban J connectivity index is 1.43. The molecule has 8 heteroatoms. The summed E-state index contributed by atoms with van der Waals surface area (Å²) in [6.07, 6.45) is 2.49. The number of aryl methyl sites for hydroxylation is 1. The van der Waals surface area contributed by atoms with Gasteiger partial charge in [0.2, 0.25) is 11.8 Å². The number of imide groups is 1. The number of nitrogens with one attached hydrogen (secondary N) is 1. The second-order valence-corrected chi connectivity index (χ2v) is 7.88. The van der Waals surface area contributed by atoms with E-state index in [-0.39, 0.29) is 24.0 Å². The van der Waals surface area contributed by atoms with Crippen LogP contribution < -0.4 is 5.32 Å². The van der Waals surface area contributed by atoms with Gasteiger partial charge >= 0.3 is 0 Å². The number of carbonyl (C=O) groups excluding carboxylic acids is 3. The van der Waals surface area contributed by atoms with Crippen molar-refractivity contribution in [3.63, 3.8) is 0 Å². The first-order chi connectivity index (χ1) is 14.9. The fourth-order valence-electron chi connectivity index (χ4n) is 4.22. The fraction of sp³-hybridized carbons (Fsp3) is 0.217. The lowest BCUT2D eigenvalue weighted by Gasteiger charge is -2.29. The topological polar surface area (TPSA) is 105 Å². The van der Waals surface area contributed by atoms with E-state index in [0.29, 0.717) is 18.5 Å². The first kappa shape index (κ1) is 19.0. The van der Waals surface area contributed by atoms with Crippen molar-refractivity contribution in [1.29, 1.82) is 0 Å². The summed E-state index contributed by atoms with van der Waals surface area (Å²) in [4.78, 5) is 42.8. The van der Waals surface area contributed by atoms with Gasteiger partial charge in [0.15, 0.2) is 0 Å². The van der Waals surface area contributed by atoms with E-state index in [4.69, 9.17) is 4.98 Å². The third kappa shape index (κ3) is 3.26. The largest absolute Gasteiger partial charge is 0.508 e. The molecule has 3 heterocycles. The summed E-state index contributed by atoms with van der Waals surface area (Å²) in [6.45, 7) is 0.325. The average Bonchev–Trinajstić information content (AvgIpc) is 3.29. The lowest BCUT2D eigenvalue weighted by Crippen LogP contribution is -2.52. The predicted molar refractivity (Wildman–Crippen MR) is 112 cm³/mol. The second-order valence-electron chi connectivity index (χ2n) is 7.88. The molecule has 2 N–H and O–H groups in total. The van der Waals surface area contributed by atoms with Crippen molar-refractivity contribution in [2.45, 2.75) is 25.4 Å². The van der Waals surface area contributed by atoms with E-state index in [1.54, 1.807) is 30.3 Å². The van der Waals surface area contributed by atoms with Crippen molar-refractivity contribution in [1.82, 2.24) is 19.8 Å². The molecule has 0 radical (unpaired) electrons. The molecule has 0 saturated carbocycles. The number of hydrogen-bond acceptors (Lipinski definition) is 5. The van der Waals surface area contributed by atoms with E-state index in [2.05, 4.69) is 5.32 Å². The summed E-state index contributed by atoms with van der Waals surface area (Å²) < 4.78 is 1.91. The summed E-state index contributed by atoms with van der Waals surface area (Å²) in [6, 6.07) is 11.8. The fourth-order valence-corrected chi connectivity index (χ4v) is 4.22. The maximum absolute atomic E-state index is 12.9. The SMILES string of the molecule is Cn1cc(-c2ccc3c(c2)CN(C2CCC(=O)NC2=O)C3=O)nc1-c1ccc(O)cc1. The molecule has 31 heavy (non-hydrogen) atoms. The molecule has 2 aromatic carbocycles. The van der Waals surface area contributed by atoms with Gasteiger partial charge < -0.3 is 14.6 Å². The molecule has 1 saturated heterocycles.